The smallest absolute Gasteiger partial charge is 0.0586 e. The quantitative estimate of drug-likeness (QED) is 0.430. The molecule has 0 bridgehead atoms. The molecule has 1 aliphatic carbocycles. The molecule has 0 nitrogen and oxygen atoms in total. The van der Waals surface area contributed by atoms with Gasteiger partial charge in [0.05, 0.1) is 8.07 Å². The molecule has 1 aromatic carbocycles. The molecule has 1 aliphatic rings. The zero-order chi connectivity index (χ0) is 10.9. The third kappa shape index (κ3) is 5.16. The van der Waals surface area contributed by atoms with Crippen LogP contribution in [0.1, 0.15) is 12.0 Å². The summed E-state index contributed by atoms with van der Waals surface area (Å²) in [7, 11) is -1.12. The SMILES string of the molecule is C[Si](C)(C)C1=CC(c2ccccc2)=[C-]C1.Cl.Cl.[Hf]. The molecule has 0 spiro atoms. The van der Waals surface area contributed by atoms with Crippen molar-refractivity contribution in [1.82, 2.24) is 0 Å². The van der Waals surface area contributed by atoms with Gasteiger partial charge in [-0.2, -0.15) is 17.7 Å². The van der Waals surface area contributed by atoms with Crippen LogP contribution in [0, 0.1) is 6.08 Å². The molecule has 98 valence electrons. The van der Waals surface area contributed by atoms with E-state index in [1.54, 1.807) is 5.20 Å². The molecule has 0 amide bonds. The number of allylic oxidation sites excluding steroid dienone is 4. The van der Waals surface area contributed by atoms with Crippen LogP contribution >= 0.6 is 24.8 Å². The summed E-state index contributed by atoms with van der Waals surface area (Å²) >= 11 is 0. The monoisotopic (exact) mass is 465 g/mol. The predicted octanol–water partition coefficient (Wildman–Crippen LogP) is 4.92. The van der Waals surface area contributed by atoms with Crippen LogP contribution in [0.25, 0.3) is 5.57 Å². The van der Waals surface area contributed by atoms with Crippen molar-refractivity contribution in [2.45, 2.75) is 26.1 Å². The van der Waals surface area contributed by atoms with Crippen LogP contribution in [-0.2, 0) is 25.8 Å². The second kappa shape index (κ2) is 8.52. The minimum atomic E-state index is -1.12. The Morgan fingerprint density at radius 2 is 1.56 bits per heavy atom. The summed E-state index contributed by atoms with van der Waals surface area (Å²) in [5, 5.41) is 1.61. The Bertz CT molecular complexity index is 419. The molecule has 0 fully saturated rings. The fourth-order valence-electron chi connectivity index (χ4n) is 1.75. The van der Waals surface area contributed by atoms with E-state index in [1.165, 1.54) is 11.1 Å². The molecule has 0 atom stereocenters. The van der Waals surface area contributed by atoms with Crippen LogP contribution in [0.2, 0.25) is 19.6 Å². The van der Waals surface area contributed by atoms with Crippen molar-refractivity contribution in [3.63, 3.8) is 0 Å². The number of benzene rings is 1. The summed E-state index contributed by atoms with van der Waals surface area (Å²) in [5.74, 6) is 0. The van der Waals surface area contributed by atoms with Gasteiger partial charge in [-0.25, -0.2) is 0 Å². The van der Waals surface area contributed by atoms with Gasteiger partial charge in [0.25, 0.3) is 0 Å². The van der Waals surface area contributed by atoms with Gasteiger partial charge in [-0.15, -0.1) is 47.7 Å². The third-order valence-electron chi connectivity index (χ3n) is 2.84. The minimum absolute atomic E-state index is 0. The van der Waals surface area contributed by atoms with Crippen LogP contribution in [0.4, 0.5) is 0 Å². The third-order valence-corrected chi connectivity index (χ3v) is 5.08. The van der Waals surface area contributed by atoms with Gasteiger partial charge in [0.1, 0.15) is 0 Å². The largest absolute Gasteiger partial charge is 0.198 e. The molecule has 0 heterocycles. The molecule has 0 radical (unpaired) electrons. The molecule has 0 unspecified atom stereocenters. The van der Waals surface area contributed by atoms with E-state index in [0.717, 1.165) is 6.42 Å². The maximum absolute atomic E-state index is 3.49. The fourth-order valence-corrected chi connectivity index (χ4v) is 2.95. The number of rotatable bonds is 2. The van der Waals surface area contributed by atoms with Gasteiger partial charge < -0.3 is 0 Å². The van der Waals surface area contributed by atoms with Crippen molar-refractivity contribution in [3.8, 4) is 0 Å². The van der Waals surface area contributed by atoms with Crippen LogP contribution < -0.4 is 0 Å². The van der Waals surface area contributed by atoms with E-state index in [9.17, 15) is 0 Å². The van der Waals surface area contributed by atoms with Crippen molar-refractivity contribution in [3.05, 3.63) is 53.2 Å². The molecule has 2 rings (SSSR count). The molecule has 0 aromatic heterocycles. The van der Waals surface area contributed by atoms with E-state index in [2.05, 4.69) is 62.1 Å². The molecule has 18 heavy (non-hydrogen) atoms. The summed E-state index contributed by atoms with van der Waals surface area (Å²) in [6.45, 7) is 7.19. The van der Waals surface area contributed by atoms with E-state index < -0.39 is 8.07 Å². The Kier molecular flexibility index (Phi) is 9.79. The van der Waals surface area contributed by atoms with E-state index in [4.69, 9.17) is 0 Å². The van der Waals surface area contributed by atoms with Gasteiger partial charge in [0, 0.05) is 25.8 Å². The van der Waals surface area contributed by atoms with Gasteiger partial charge in [-0.05, 0) is 0 Å². The Labute approximate surface area is 143 Å². The van der Waals surface area contributed by atoms with Crippen LogP contribution in [0.3, 0.4) is 0 Å². The molecule has 0 N–H and O–H groups in total. The molecule has 1 aromatic rings. The molecular weight excluding hydrogens is 446 g/mol. The first-order chi connectivity index (χ1) is 7.07. The number of halogens is 2. The van der Waals surface area contributed by atoms with E-state index in [-0.39, 0.29) is 50.7 Å². The molecule has 0 aliphatic heterocycles. The van der Waals surface area contributed by atoms with E-state index >= 15 is 0 Å². The first-order valence-corrected chi connectivity index (χ1v) is 8.95. The number of hydrogen-bond donors (Lipinski definition) is 0. The average molecular weight is 465 g/mol. The zero-order valence-electron chi connectivity index (χ0n) is 11.0. The van der Waals surface area contributed by atoms with E-state index in [0.29, 0.717) is 0 Å². The first kappa shape index (κ1) is 20.7. The summed E-state index contributed by atoms with van der Waals surface area (Å²) in [4.78, 5) is 0. The maximum atomic E-state index is 3.49. The minimum Gasteiger partial charge on any atom is -0.198 e. The van der Waals surface area contributed by atoms with Gasteiger partial charge >= 0.3 is 0 Å². The topological polar surface area (TPSA) is 0 Å². The van der Waals surface area contributed by atoms with Crippen LogP contribution in [0.15, 0.2) is 41.6 Å². The summed E-state index contributed by atoms with van der Waals surface area (Å²) < 4.78 is 0. The second-order valence-electron chi connectivity index (χ2n) is 5.05. The van der Waals surface area contributed by atoms with Crippen molar-refractivity contribution < 1.29 is 25.8 Å². The molecule has 0 saturated carbocycles. The van der Waals surface area contributed by atoms with Crippen molar-refractivity contribution in [2.24, 2.45) is 0 Å². The van der Waals surface area contributed by atoms with Gasteiger partial charge in [-0.1, -0.05) is 44.3 Å². The van der Waals surface area contributed by atoms with E-state index in [1.807, 2.05) is 0 Å². The summed E-state index contributed by atoms with van der Waals surface area (Å²) in [6, 6.07) is 10.6. The Balaban J connectivity index is 0. The second-order valence-corrected chi connectivity index (χ2v) is 10.2. The molecular formula is C14H19Cl2HfSi-. The van der Waals surface area contributed by atoms with Crippen molar-refractivity contribution in [2.75, 3.05) is 0 Å². The average Bonchev–Trinajstić information content (AvgIpc) is 2.67. The summed E-state index contributed by atoms with van der Waals surface area (Å²) in [5.41, 5.74) is 2.58. The summed E-state index contributed by atoms with van der Waals surface area (Å²) in [6.07, 6.45) is 6.88. The van der Waals surface area contributed by atoms with Crippen molar-refractivity contribution >= 4 is 38.5 Å². The predicted molar refractivity (Wildman–Crippen MR) is 83.6 cm³/mol. The fraction of sp³-hybridized carbons (Fsp3) is 0.286. The first-order valence-electron chi connectivity index (χ1n) is 5.45. The normalized spacial score (nSPS) is 13.5. The maximum Gasteiger partial charge on any atom is 0.0586 e. The standard InChI is InChI=1S/C14H17Si.2ClH.Hf/c1-15(2,3)14-10-9-13(11-14)12-7-5-4-6-8-12;;;/h4-8,11H,10H2,1-3H3;2*1H;/q-1;;;. The Hall–Kier alpha value is 0.367. The molecule has 4 heteroatoms. The zero-order valence-corrected chi connectivity index (χ0v) is 17.2. The van der Waals surface area contributed by atoms with Crippen LogP contribution in [-0.4, -0.2) is 8.07 Å². The Morgan fingerprint density at radius 3 is 2.00 bits per heavy atom. The van der Waals surface area contributed by atoms with Gasteiger partial charge in [0.2, 0.25) is 0 Å². The van der Waals surface area contributed by atoms with Crippen LogP contribution in [0.5, 0.6) is 0 Å². The van der Waals surface area contributed by atoms with Crippen molar-refractivity contribution in [1.29, 1.82) is 0 Å². The van der Waals surface area contributed by atoms with Gasteiger partial charge in [0.15, 0.2) is 0 Å². The Morgan fingerprint density at radius 1 is 1.00 bits per heavy atom. The van der Waals surface area contributed by atoms with Gasteiger partial charge in [-0.3, -0.25) is 0 Å². The number of hydrogen-bond acceptors (Lipinski definition) is 0. The molecule has 0 saturated heterocycles.